The molecule has 0 aromatic carbocycles. The van der Waals surface area contributed by atoms with E-state index < -0.39 is 0 Å². The van der Waals surface area contributed by atoms with E-state index in [1.165, 1.54) is 37.5 Å². The van der Waals surface area contributed by atoms with E-state index in [0.29, 0.717) is 6.04 Å². The van der Waals surface area contributed by atoms with Crippen molar-refractivity contribution in [2.24, 2.45) is 5.92 Å². The standard InChI is InChI=1S/C12H21N3S/c1-10(12-14-6-7-16-12)15(2)9-11-4-3-5-13-8-11/h6-7,10-11,13H,3-5,8-9H2,1-2H3. The summed E-state index contributed by atoms with van der Waals surface area (Å²) in [6.45, 7) is 5.79. The van der Waals surface area contributed by atoms with Crippen LogP contribution in [0.3, 0.4) is 0 Å². The molecular formula is C12H21N3S. The third-order valence-corrected chi connectivity index (χ3v) is 4.36. The van der Waals surface area contributed by atoms with E-state index in [1.54, 1.807) is 11.3 Å². The number of aromatic nitrogens is 1. The molecule has 1 saturated heterocycles. The topological polar surface area (TPSA) is 28.2 Å². The average molecular weight is 239 g/mol. The highest BCUT2D eigenvalue weighted by Gasteiger charge is 2.19. The number of hydrogen-bond donors (Lipinski definition) is 1. The Morgan fingerprint density at radius 3 is 3.19 bits per heavy atom. The summed E-state index contributed by atoms with van der Waals surface area (Å²) in [7, 11) is 2.21. The second kappa shape index (κ2) is 5.75. The molecule has 2 atom stereocenters. The van der Waals surface area contributed by atoms with Gasteiger partial charge in [-0.2, -0.15) is 0 Å². The van der Waals surface area contributed by atoms with Gasteiger partial charge in [0.2, 0.25) is 0 Å². The van der Waals surface area contributed by atoms with Gasteiger partial charge in [0.1, 0.15) is 5.01 Å². The Balaban J connectivity index is 1.84. The zero-order chi connectivity index (χ0) is 11.4. The van der Waals surface area contributed by atoms with E-state index in [1.807, 2.05) is 6.20 Å². The van der Waals surface area contributed by atoms with Crippen molar-refractivity contribution in [3.8, 4) is 0 Å². The predicted molar refractivity (Wildman–Crippen MR) is 68.8 cm³/mol. The molecule has 0 spiro atoms. The smallest absolute Gasteiger partial charge is 0.109 e. The SMILES string of the molecule is CC(c1nccs1)N(C)CC1CCCNC1. The van der Waals surface area contributed by atoms with Crippen LogP contribution in [0.2, 0.25) is 0 Å². The van der Waals surface area contributed by atoms with Crippen LogP contribution >= 0.6 is 11.3 Å². The van der Waals surface area contributed by atoms with Crippen LogP contribution in [0.25, 0.3) is 0 Å². The molecule has 1 fully saturated rings. The van der Waals surface area contributed by atoms with Crippen molar-refractivity contribution in [1.82, 2.24) is 15.2 Å². The van der Waals surface area contributed by atoms with E-state index in [9.17, 15) is 0 Å². The first-order valence-electron chi connectivity index (χ1n) is 6.07. The van der Waals surface area contributed by atoms with Crippen molar-refractivity contribution in [2.75, 3.05) is 26.7 Å². The lowest BCUT2D eigenvalue weighted by molar-refractivity contribution is 0.199. The third-order valence-electron chi connectivity index (χ3n) is 3.42. The van der Waals surface area contributed by atoms with Crippen LogP contribution in [0.15, 0.2) is 11.6 Å². The molecule has 1 aliphatic rings. The Bertz CT molecular complexity index is 293. The van der Waals surface area contributed by atoms with Gasteiger partial charge in [0.25, 0.3) is 0 Å². The fraction of sp³-hybridized carbons (Fsp3) is 0.750. The number of piperidine rings is 1. The largest absolute Gasteiger partial charge is 0.316 e. The van der Waals surface area contributed by atoms with Crippen LogP contribution < -0.4 is 5.32 Å². The summed E-state index contributed by atoms with van der Waals surface area (Å²) in [5, 5.41) is 6.76. The summed E-state index contributed by atoms with van der Waals surface area (Å²) >= 11 is 1.75. The van der Waals surface area contributed by atoms with Crippen LogP contribution in [0.5, 0.6) is 0 Å². The maximum atomic E-state index is 4.39. The molecule has 0 aliphatic carbocycles. The summed E-state index contributed by atoms with van der Waals surface area (Å²) in [4.78, 5) is 6.82. The lowest BCUT2D eigenvalue weighted by atomic mass is 9.99. The van der Waals surface area contributed by atoms with Gasteiger partial charge in [-0.25, -0.2) is 4.98 Å². The number of rotatable bonds is 4. The van der Waals surface area contributed by atoms with Gasteiger partial charge in [-0.05, 0) is 45.8 Å². The Kier molecular flexibility index (Phi) is 4.32. The van der Waals surface area contributed by atoms with Crippen LogP contribution in [0.1, 0.15) is 30.8 Å². The second-order valence-corrected chi connectivity index (χ2v) is 5.62. The first kappa shape index (κ1) is 12.0. The number of hydrogen-bond acceptors (Lipinski definition) is 4. The normalized spacial score (nSPS) is 23.6. The lowest BCUT2D eigenvalue weighted by Gasteiger charge is -2.30. The molecule has 0 saturated carbocycles. The highest BCUT2D eigenvalue weighted by Crippen LogP contribution is 2.22. The molecule has 0 radical (unpaired) electrons. The minimum Gasteiger partial charge on any atom is -0.316 e. The van der Waals surface area contributed by atoms with Gasteiger partial charge in [-0.1, -0.05) is 0 Å². The monoisotopic (exact) mass is 239 g/mol. The number of nitrogens with one attached hydrogen (secondary N) is 1. The molecule has 4 heteroatoms. The molecule has 1 aromatic heterocycles. The van der Waals surface area contributed by atoms with Gasteiger partial charge in [0.05, 0.1) is 6.04 Å². The van der Waals surface area contributed by atoms with Gasteiger partial charge in [-0.15, -0.1) is 11.3 Å². The van der Waals surface area contributed by atoms with E-state index in [0.717, 1.165) is 5.92 Å². The minimum atomic E-state index is 0.446. The van der Waals surface area contributed by atoms with Crippen molar-refractivity contribution >= 4 is 11.3 Å². The summed E-state index contributed by atoms with van der Waals surface area (Å²) in [5.74, 6) is 0.807. The zero-order valence-electron chi connectivity index (χ0n) is 10.1. The van der Waals surface area contributed by atoms with Crippen LogP contribution in [-0.4, -0.2) is 36.6 Å². The molecule has 2 unspecified atom stereocenters. The quantitative estimate of drug-likeness (QED) is 0.872. The average Bonchev–Trinajstić information content (AvgIpc) is 2.83. The van der Waals surface area contributed by atoms with Gasteiger partial charge in [0, 0.05) is 18.1 Å². The molecule has 90 valence electrons. The Labute approximate surface area is 102 Å². The molecule has 2 heterocycles. The van der Waals surface area contributed by atoms with Crippen LogP contribution in [0.4, 0.5) is 0 Å². The van der Waals surface area contributed by atoms with Crippen molar-refractivity contribution in [1.29, 1.82) is 0 Å². The Morgan fingerprint density at radius 1 is 1.69 bits per heavy atom. The van der Waals surface area contributed by atoms with Crippen molar-refractivity contribution < 1.29 is 0 Å². The van der Waals surface area contributed by atoms with E-state index in [2.05, 4.69) is 34.6 Å². The maximum Gasteiger partial charge on any atom is 0.109 e. The van der Waals surface area contributed by atoms with Crippen LogP contribution in [0, 0.1) is 5.92 Å². The number of thiazole rings is 1. The van der Waals surface area contributed by atoms with Gasteiger partial charge >= 0.3 is 0 Å². The second-order valence-electron chi connectivity index (χ2n) is 4.70. The highest BCUT2D eigenvalue weighted by atomic mass is 32.1. The molecule has 0 amide bonds. The first-order valence-corrected chi connectivity index (χ1v) is 6.95. The minimum absolute atomic E-state index is 0.446. The van der Waals surface area contributed by atoms with Crippen LogP contribution in [-0.2, 0) is 0 Å². The first-order chi connectivity index (χ1) is 7.77. The number of nitrogens with zero attached hydrogens (tertiary/aromatic N) is 2. The van der Waals surface area contributed by atoms with Gasteiger partial charge in [-0.3, -0.25) is 4.90 Å². The molecule has 1 aliphatic heterocycles. The summed E-state index contributed by atoms with van der Waals surface area (Å²) < 4.78 is 0. The fourth-order valence-corrected chi connectivity index (χ4v) is 3.03. The molecule has 3 nitrogen and oxygen atoms in total. The highest BCUT2D eigenvalue weighted by molar-refractivity contribution is 7.09. The predicted octanol–water partition coefficient (Wildman–Crippen LogP) is 2.14. The molecule has 0 bridgehead atoms. The third kappa shape index (κ3) is 3.03. The van der Waals surface area contributed by atoms with E-state index in [4.69, 9.17) is 0 Å². The summed E-state index contributed by atoms with van der Waals surface area (Å²) in [6.07, 6.45) is 4.58. The molecule has 1 N–H and O–H groups in total. The van der Waals surface area contributed by atoms with E-state index in [-0.39, 0.29) is 0 Å². The molecule has 1 aromatic rings. The van der Waals surface area contributed by atoms with E-state index >= 15 is 0 Å². The fourth-order valence-electron chi connectivity index (χ4n) is 2.27. The van der Waals surface area contributed by atoms with Gasteiger partial charge in [0.15, 0.2) is 0 Å². The summed E-state index contributed by atoms with van der Waals surface area (Å²) in [6, 6.07) is 0.446. The molecule has 16 heavy (non-hydrogen) atoms. The summed E-state index contributed by atoms with van der Waals surface area (Å²) in [5.41, 5.74) is 0. The maximum absolute atomic E-state index is 4.39. The Hall–Kier alpha value is -0.450. The van der Waals surface area contributed by atoms with Gasteiger partial charge < -0.3 is 5.32 Å². The molecular weight excluding hydrogens is 218 g/mol. The Morgan fingerprint density at radius 2 is 2.56 bits per heavy atom. The molecule has 2 rings (SSSR count). The van der Waals surface area contributed by atoms with Crippen molar-refractivity contribution in [3.63, 3.8) is 0 Å². The van der Waals surface area contributed by atoms with Crippen molar-refractivity contribution in [2.45, 2.75) is 25.8 Å². The zero-order valence-corrected chi connectivity index (χ0v) is 11.0. The van der Waals surface area contributed by atoms with Crippen molar-refractivity contribution in [3.05, 3.63) is 16.6 Å². The lowest BCUT2D eigenvalue weighted by Crippen LogP contribution is -2.37.